The Kier molecular flexibility index (Phi) is 5.95. The molecule has 2 N–H and O–H groups in total. The Morgan fingerprint density at radius 1 is 1.04 bits per heavy atom. The number of ether oxygens (including phenoxy) is 1. The predicted octanol–water partition coefficient (Wildman–Crippen LogP) is 3.93. The van der Waals surface area contributed by atoms with Gasteiger partial charge in [0.2, 0.25) is 5.91 Å². The molecule has 126 valence electrons. The first kappa shape index (κ1) is 17.5. The van der Waals surface area contributed by atoms with Crippen LogP contribution in [0.4, 0.5) is 11.4 Å². The van der Waals surface area contributed by atoms with Crippen LogP contribution in [0.15, 0.2) is 48.5 Å². The lowest BCUT2D eigenvalue weighted by Gasteiger charge is -2.11. The molecule has 0 saturated heterocycles. The highest BCUT2D eigenvalue weighted by molar-refractivity contribution is 6.05. The summed E-state index contributed by atoms with van der Waals surface area (Å²) in [6, 6.07) is 14.0. The number of carbonyl (C=O) groups is 2. The number of nitrogens with one attached hydrogen (secondary N) is 2. The third-order valence-electron chi connectivity index (χ3n) is 3.83. The quantitative estimate of drug-likeness (QED) is 0.845. The molecule has 5 nitrogen and oxygen atoms in total. The molecule has 5 heteroatoms. The van der Waals surface area contributed by atoms with Gasteiger partial charge in [0, 0.05) is 17.2 Å². The number of anilines is 2. The molecule has 0 fully saturated rings. The molecule has 2 rings (SSSR count). The van der Waals surface area contributed by atoms with Crippen LogP contribution in [0.1, 0.15) is 30.6 Å². The molecular formula is C19H22N2O3. The van der Waals surface area contributed by atoms with Gasteiger partial charge in [0.15, 0.2) is 0 Å². The molecule has 0 aliphatic carbocycles. The molecule has 24 heavy (non-hydrogen) atoms. The number of benzene rings is 2. The number of hydrogen-bond acceptors (Lipinski definition) is 3. The molecule has 0 aliphatic heterocycles. The SMILES string of the molecule is CC[C@@H](C)C(=O)Nc1ccc(C(=O)Nc2ccccc2OC)cc1. The lowest BCUT2D eigenvalue weighted by molar-refractivity contribution is -0.119. The number of para-hydroxylation sites is 2. The Labute approximate surface area is 142 Å². The van der Waals surface area contributed by atoms with Gasteiger partial charge in [0.1, 0.15) is 5.75 Å². The van der Waals surface area contributed by atoms with Crippen LogP contribution in [-0.4, -0.2) is 18.9 Å². The predicted molar refractivity (Wildman–Crippen MR) is 95.5 cm³/mol. The largest absolute Gasteiger partial charge is 0.495 e. The zero-order valence-electron chi connectivity index (χ0n) is 14.1. The maximum atomic E-state index is 12.3. The van der Waals surface area contributed by atoms with Crippen molar-refractivity contribution in [3.05, 3.63) is 54.1 Å². The molecule has 2 amide bonds. The fraction of sp³-hybridized carbons (Fsp3) is 0.263. The average Bonchev–Trinajstić information content (AvgIpc) is 2.61. The van der Waals surface area contributed by atoms with Crippen LogP contribution in [-0.2, 0) is 4.79 Å². The maximum Gasteiger partial charge on any atom is 0.255 e. The summed E-state index contributed by atoms with van der Waals surface area (Å²) in [5.41, 5.74) is 1.79. The van der Waals surface area contributed by atoms with Crippen LogP contribution in [0.5, 0.6) is 5.75 Å². The van der Waals surface area contributed by atoms with Crippen LogP contribution in [0.2, 0.25) is 0 Å². The van der Waals surface area contributed by atoms with Crippen molar-refractivity contribution in [1.29, 1.82) is 0 Å². The minimum absolute atomic E-state index is 0.0243. The Morgan fingerprint density at radius 2 is 1.71 bits per heavy atom. The second-order valence-electron chi connectivity index (χ2n) is 5.53. The number of hydrogen-bond donors (Lipinski definition) is 2. The van der Waals surface area contributed by atoms with Crippen LogP contribution in [0.25, 0.3) is 0 Å². The second kappa shape index (κ2) is 8.15. The van der Waals surface area contributed by atoms with Crippen LogP contribution < -0.4 is 15.4 Å². The summed E-state index contributed by atoms with van der Waals surface area (Å²) in [4.78, 5) is 24.2. The van der Waals surface area contributed by atoms with Crippen molar-refractivity contribution in [1.82, 2.24) is 0 Å². The zero-order chi connectivity index (χ0) is 17.5. The summed E-state index contributed by atoms with van der Waals surface area (Å²) in [7, 11) is 1.56. The average molecular weight is 326 g/mol. The van der Waals surface area contributed by atoms with E-state index in [4.69, 9.17) is 4.74 Å². The van der Waals surface area contributed by atoms with E-state index >= 15 is 0 Å². The van der Waals surface area contributed by atoms with E-state index in [1.54, 1.807) is 43.5 Å². The van der Waals surface area contributed by atoms with Crippen LogP contribution in [0, 0.1) is 5.92 Å². The summed E-state index contributed by atoms with van der Waals surface area (Å²) >= 11 is 0. The van der Waals surface area contributed by atoms with Crippen LogP contribution >= 0.6 is 0 Å². The van der Waals surface area contributed by atoms with E-state index < -0.39 is 0 Å². The van der Waals surface area contributed by atoms with Gasteiger partial charge < -0.3 is 15.4 Å². The van der Waals surface area contributed by atoms with E-state index in [2.05, 4.69) is 10.6 Å². The first-order valence-corrected chi connectivity index (χ1v) is 7.90. The Morgan fingerprint density at radius 3 is 2.33 bits per heavy atom. The molecule has 2 aromatic carbocycles. The van der Waals surface area contributed by atoms with Crippen molar-refractivity contribution in [3.8, 4) is 5.75 Å². The van der Waals surface area contributed by atoms with E-state index in [1.165, 1.54) is 0 Å². The minimum Gasteiger partial charge on any atom is -0.495 e. The first-order valence-electron chi connectivity index (χ1n) is 7.90. The van der Waals surface area contributed by atoms with Crippen molar-refractivity contribution in [3.63, 3.8) is 0 Å². The number of methoxy groups -OCH3 is 1. The van der Waals surface area contributed by atoms with Gasteiger partial charge >= 0.3 is 0 Å². The third-order valence-corrected chi connectivity index (χ3v) is 3.83. The Balaban J connectivity index is 2.05. The number of carbonyl (C=O) groups excluding carboxylic acids is 2. The molecule has 0 aromatic heterocycles. The highest BCUT2D eigenvalue weighted by Gasteiger charge is 2.12. The maximum absolute atomic E-state index is 12.3. The van der Waals surface area contributed by atoms with Gasteiger partial charge in [-0.1, -0.05) is 26.0 Å². The van der Waals surface area contributed by atoms with Gasteiger partial charge in [-0.2, -0.15) is 0 Å². The first-order chi connectivity index (χ1) is 11.5. The summed E-state index contributed by atoms with van der Waals surface area (Å²) < 4.78 is 5.22. The summed E-state index contributed by atoms with van der Waals surface area (Å²) in [6.07, 6.45) is 0.783. The topological polar surface area (TPSA) is 67.4 Å². The van der Waals surface area contributed by atoms with Crippen molar-refractivity contribution >= 4 is 23.2 Å². The number of rotatable bonds is 6. The fourth-order valence-electron chi connectivity index (χ4n) is 2.10. The smallest absolute Gasteiger partial charge is 0.255 e. The molecule has 0 radical (unpaired) electrons. The molecule has 0 bridgehead atoms. The van der Waals surface area contributed by atoms with Gasteiger partial charge in [0.05, 0.1) is 12.8 Å². The Bertz CT molecular complexity index is 711. The van der Waals surface area contributed by atoms with Crippen LogP contribution in [0.3, 0.4) is 0 Å². The third kappa shape index (κ3) is 4.35. The molecule has 0 aliphatic rings. The van der Waals surface area contributed by atoms with Gasteiger partial charge in [-0.15, -0.1) is 0 Å². The van der Waals surface area contributed by atoms with E-state index in [0.717, 1.165) is 6.42 Å². The highest BCUT2D eigenvalue weighted by Crippen LogP contribution is 2.24. The van der Waals surface area contributed by atoms with E-state index in [-0.39, 0.29) is 17.7 Å². The standard InChI is InChI=1S/C19H22N2O3/c1-4-13(2)18(22)20-15-11-9-14(10-12-15)19(23)21-16-7-5-6-8-17(16)24-3/h5-13H,4H2,1-3H3,(H,20,22)(H,21,23)/t13-/m1/s1. The van der Waals surface area contributed by atoms with Gasteiger partial charge in [-0.25, -0.2) is 0 Å². The fourth-order valence-corrected chi connectivity index (χ4v) is 2.10. The van der Waals surface area contributed by atoms with E-state index in [1.807, 2.05) is 26.0 Å². The molecule has 0 saturated carbocycles. The monoisotopic (exact) mass is 326 g/mol. The second-order valence-corrected chi connectivity index (χ2v) is 5.53. The Hall–Kier alpha value is -2.82. The van der Waals surface area contributed by atoms with Gasteiger partial charge in [-0.3, -0.25) is 9.59 Å². The summed E-state index contributed by atoms with van der Waals surface area (Å²) in [5, 5.41) is 5.65. The summed E-state index contributed by atoms with van der Waals surface area (Å²) in [6.45, 7) is 3.85. The van der Waals surface area contributed by atoms with Crippen molar-refractivity contribution in [2.24, 2.45) is 5.92 Å². The minimum atomic E-state index is -0.237. The molecule has 2 aromatic rings. The molecule has 0 unspecified atom stereocenters. The molecule has 1 atom stereocenters. The molecular weight excluding hydrogens is 304 g/mol. The van der Waals surface area contributed by atoms with Crippen molar-refractivity contribution in [2.75, 3.05) is 17.7 Å². The molecule has 0 heterocycles. The van der Waals surface area contributed by atoms with Gasteiger partial charge in [0.25, 0.3) is 5.91 Å². The van der Waals surface area contributed by atoms with Crippen molar-refractivity contribution in [2.45, 2.75) is 20.3 Å². The zero-order valence-corrected chi connectivity index (χ0v) is 14.1. The lowest BCUT2D eigenvalue weighted by Crippen LogP contribution is -2.19. The normalized spacial score (nSPS) is 11.5. The van der Waals surface area contributed by atoms with E-state index in [9.17, 15) is 9.59 Å². The van der Waals surface area contributed by atoms with Gasteiger partial charge in [-0.05, 0) is 42.8 Å². The highest BCUT2D eigenvalue weighted by atomic mass is 16.5. The van der Waals surface area contributed by atoms with E-state index in [0.29, 0.717) is 22.7 Å². The molecule has 0 spiro atoms. The lowest BCUT2D eigenvalue weighted by atomic mass is 10.1. The van der Waals surface area contributed by atoms with Crippen molar-refractivity contribution < 1.29 is 14.3 Å². The number of amides is 2. The summed E-state index contributed by atoms with van der Waals surface area (Å²) in [5.74, 6) is 0.296.